The van der Waals surface area contributed by atoms with Crippen LogP contribution < -0.4 is 20.5 Å². The van der Waals surface area contributed by atoms with Crippen LogP contribution in [0.4, 0.5) is 17.3 Å². The van der Waals surface area contributed by atoms with Crippen LogP contribution in [0.1, 0.15) is 43.2 Å². The van der Waals surface area contributed by atoms with Gasteiger partial charge in [-0.1, -0.05) is 18.2 Å². The normalized spacial score (nSPS) is 20.1. The van der Waals surface area contributed by atoms with E-state index in [1.807, 2.05) is 29.0 Å². The molecule has 0 unspecified atom stereocenters. The molecule has 3 aliphatic heterocycles. The Balaban J connectivity index is 1.24. The Labute approximate surface area is 243 Å². The summed E-state index contributed by atoms with van der Waals surface area (Å²) in [4.78, 5) is 40.2. The number of fused-ring (bicyclic) bond motifs is 7. The van der Waals surface area contributed by atoms with Crippen molar-refractivity contribution in [2.75, 3.05) is 37.0 Å². The topological polar surface area (TPSA) is 97.5 Å². The van der Waals surface area contributed by atoms with Crippen molar-refractivity contribution in [3.05, 3.63) is 76.2 Å². The SMILES string of the molecule is CN1CCc2ccc(Nc3ncc4c(=O)n5n(c4n3)-c3ccc4c(c3)N(CCCC/C=C\C5)C(=O)CO4)cc2C12CC2. The summed E-state index contributed by atoms with van der Waals surface area (Å²) in [5, 5.41) is 3.85. The number of aromatic nitrogens is 4. The highest BCUT2D eigenvalue weighted by molar-refractivity contribution is 5.98. The van der Waals surface area contributed by atoms with E-state index in [-0.39, 0.29) is 23.6 Å². The van der Waals surface area contributed by atoms with Crippen LogP contribution in [0.5, 0.6) is 5.75 Å². The van der Waals surface area contributed by atoms with E-state index in [2.05, 4.69) is 46.5 Å². The molecule has 1 fully saturated rings. The van der Waals surface area contributed by atoms with Crippen LogP contribution >= 0.6 is 0 Å². The van der Waals surface area contributed by atoms with E-state index in [1.54, 1.807) is 15.8 Å². The Morgan fingerprint density at radius 1 is 1.02 bits per heavy atom. The van der Waals surface area contributed by atoms with E-state index in [0.717, 1.165) is 49.3 Å². The zero-order valence-electron chi connectivity index (χ0n) is 23.7. The van der Waals surface area contributed by atoms with Gasteiger partial charge in [0.05, 0.1) is 17.9 Å². The predicted octanol–water partition coefficient (Wildman–Crippen LogP) is 4.27. The monoisotopic (exact) mass is 563 g/mol. The molecule has 0 radical (unpaired) electrons. The number of amides is 1. The molecule has 42 heavy (non-hydrogen) atoms. The van der Waals surface area contributed by atoms with Crippen molar-refractivity contribution in [3.63, 3.8) is 0 Å². The van der Waals surface area contributed by atoms with E-state index in [4.69, 9.17) is 9.72 Å². The van der Waals surface area contributed by atoms with Gasteiger partial charge in [0.25, 0.3) is 11.5 Å². The molecule has 1 spiro atoms. The number of carbonyl (C=O) groups is 1. The molecule has 0 saturated heterocycles. The maximum Gasteiger partial charge on any atom is 0.278 e. The molecule has 5 heterocycles. The first kappa shape index (κ1) is 25.3. The minimum absolute atomic E-state index is 0.0335. The fourth-order valence-electron chi connectivity index (χ4n) is 6.82. The molecular formula is C32H33N7O3. The fraction of sp³-hybridized carbons (Fsp3) is 0.375. The van der Waals surface area contributed by atoms with Crippen LogP contribution in [-0.2, 0) is 23.3 Å². The summed E-state index contributed by atoms with van der Waals surface area (Å²) < 4.78 is 9.28. The second-order valence-electron chi connectivity index (χ2n) is 11.8. The number of allylic oxidation sites excluding steroid dienone is 2. The Morgan fingerprint density at radius 2 is 1.93 bits per heavy atom. The van der Waals surface area contributed by atoms with Gasteiger partial charge >= 0.3 is 0 Å². The number of hydrogen-bond donors (Lipinski definition) is 1. The molecule has 1 aliphatic carbocycles. The van der Waals surface area contributed by atoms with Crippen LogP contribution in [0.2, 0.25) is 0 Å². The van der Waals surface area contributed by atoms with Crippen molar-refractivity contribution in [2.24, 2.45) is 0 Å². The third kappa shape index (κ3) is 3.96. The van der Waals surface area contributed by atoms with E-state index in [9.17, 15) is 9.59 Å². The first-order chi connectivity index (χ1) is 20.5. The quantitative estimate of drug-likeness (QED) is 0.364. The van der Waals surface area contributed by atoms with Crippen LogP contribution in [0.3, 0.4) is 0 Å². The molecule has 4 aromatic rings. The molecule has 1 amide bonds. The lowest BCUT2D eigenvalue weighted by molar-refractivity contribution is -0.121. The highest BCUT2D eigenvalue weighted by Gasteiger charge is 2.50. The first-order valence-corrected chi connectivity index (χ1v) is 14.8. The fourth-order valence-corrected chi connectivity index (χ4v) is 6.82. The third-order valence-corrected chi connectivity index (χ3v) is 9.29. The summed E-state index contributed by atoms with van der Waals surface area (Å²) in [6.45, 7) is 2.14. The predicted molar refractivity (Wildman–Crippen MR) is 161 cm³/mol. The number of carbonyl (C=O) groups excluding carboxylic acids is 1. The average Bonchev–Trinajstić information content (AvgIpc) is 3.75. The summed E-state index contributed by atoms with van der Waals surface area (Å²) in [6, 6.07) is 12.3. The van der Waals surface area contributed by atoms with Crippen molar-refractivity contribution in [3.8, 4) is 11.4 Å². The number of nitrogens with one attached hydrogen (secondary N) is 1. The molecule has 2 bridgehead atoms. The molecule has 214 valence electrons. The summed E-state index contributed by atoms with van der Waals surface area (Å²) in [5.41, 5.74) is 5.70. The van der Waals surface area contributed by atoms with Gasteiger partial charge in [-0.15, -0.1) is 0 Å². The Hall–Kier alpha value is -4.44. The minimum Gasteiger partial charge on any atom is -0.482 e. The Bertz CT molecular complexity index is 1830. The highest BCUT2D eigenvalue weighted by atomic mass is 16.5. The summed E-state index contributed by atoms with van der Waals surface area (Å²) >= 11 is 0. The van der Waals surface area contributed by atoms with Gasteiger partial charge in [-0.2, -0.15) is 4.98 Å². The zero-order valence-corrected chi connectivity index (χ0v) is 23.7. The Kier molecular flexibility index (Phi) is 5.75. The van der Waals surface area contributed by atoms with Gasteiger partial charge < -0.3 is 15.0 Å². The number of ether oxygens (including phenoxy) is 1. The summed E-state index contributed by atoms with van der Waals surface area (Å²) in [6.07, 6.45) is 11.9. The van der Waals surface area contributed by atoms with Crippen LogP contribution in [-0.4, -0.2) is 56.9 Å². The van der Waals surface area contributed by atoms with Crippen molar-refractivity contribution >= 4 is 34.3 Å². The van der Waals surface area contributed by atoms with Gasteiger partial charge in [0.15, 0.2) is 12.3 Å². The number of benzene rings is 2. The van der Waals surface area contributed by atoms with Gasteiger partial charge in [-0.05, 0) is 87.0 Å². The van der Waals surface area contributed by atoms with E-state index >= 15 is 0 Å². The van der Waals surface area contributed by atoms with Gasteiger partial charge in [0, 0.05) is 30.5 Å². The molecule has 8 rings (SSSR count). The number of likely N-dealkylation sites (N-methyl/N-ethyl adjacent to an activating group) is 1. The zero-order chi connectivity index (χ0) is 28.4. The second-order valence-corrected chi connectivity index (χ2v) is 11.8. The van der Waals surface area contributed by atoms with Crippen molar-refractivity contribution in [1.82, 2.24) is 24.2 Å². The molecule has 10 nitrogen and oxygen atoms in total. The van der Waals surface area contributed by atoms with Crippen LogP contribution in [0, 0.1) is 0 Å². The van der Waals surface area contributed by atoms with Crippen molar-refractivity contribution in [2.45, 2.75) is 50.6 Å². The van der Waals surface area contributed by atoms with Crippen molar-refractivity contribution in [1.29, 1.82) is 0 Å². The molecule has 0 atom stereocenters. The minimum atomic E-state index is -0.162. The number of hydrogen-bond acceptors (Lipinski definition) is 7. The van der Waals surface area contributed by atoms with Gasteiger partial charge in [0.2, 0.25) is 5.95 Å². The van der Waals surface area contributed by atoms with Gasteiger partial charge in [-0.3, -0.25) is 14.5 Å². The smallest absolute Gasteiger partial charge is 0.278 e. The highest BCUT2D eigenvalue weighted by Crippen LogP contribution is 2.54. The summed E-state index contributed by atoms with van der Waals surface area (Å²) in [7, 11) is 2.22. The number of nitrogens with zero attached hydrogens (tertiary/aromatic N) is 6. The third-order valence-electron chi connectivity index (χ3n) is 9.29. The second kappa shape index (κ2) is 9.55. The average molecular weight is 564 g/mol. The standard InChI is InChI=1S/C32H33N7O3/c1-36-16-11-21-7-8-22(17-25(21)32(36)12-13-32)34-31-33-19-24-29(35-31)39-23-9-10-27-26(18-23)37(28(40)20-42-27)14-5-3-2-4-6-15-38(39)30(24)41/h4,6-10,17-19H,2-3,5,11-16,20H2,1H3,(H,33,34,35)/b6-4-. The maximum absolute atomic E-state index is 13.7. The first-order valence-electron chi connectivity index (χ1n) is 14.8. The van der Waals surface area contributed by atoms with Gasteiger partial charge in [-0.25, -0.2) is 14.3 Å². The molecular weight excluding hydrogens is 530 g/mol. The van der Waals surface area contributed by atoms with Crippen LogP contribution in [0.25, 0.3) is 16.7 Å². The maximum atomic E-state index is 13.7. The van der Waals surface area contributed by atoms with E-state index < -0.39 is 0 Å². The van der Waals surface area contributed by atoms with E-state index in [0.29, 0.717) is 35.8 Å². The van der Waals surface area contributed by atoms with Crippen molar-refractivity contribution < 1.29 is 9.53 Å². The molecule has 1 N–H and O–H groups in total. The lowest BCUT2D eigenvalue weighted by Gasteiger charge is -2.35. The molecule has 2 aromatic heterocycles. The van der Waals surface area contributed by atoms with E-state index in [1.165, 1.54) is 24.0 Å². The molecule has 10 heteroatoms. The number of anilines is 3. The lowest BCUT2D eigenvalue weighted by atomic mass is 9.90. The van der Waals surface area contributed by atoms with Crippen LogP contribution in [0.15, 0.2) is 59.5 Å². The Morgan fingerprint density at radius 3 is 2.81 bits per heavy atom. The molecule has 4 aliphatic rings. The molecule has 2 aromatic carbocycles. The largest absolute Gasteiger partial charge is 0.482 e. The lowest BCUT2D eigenvalue weighted by Crippen LogP contribution is -2.39. The molecule has 1 saturated carbocycles. The van der Waals surface area contributed by atoms with Gasteiger partial charge in [0.1, 0.15) is 11.1 Å². The number of rotatable bonds is 2. The summed E-state index contributed by atoms with van der Waals surface area (Å²) in [5.74, 6) is 1.03.